The van der Waals surface area contributed by atoms with Crippen molar-refractivity contribution in [1.82, 2.24) is 56.2 Å². The zero-order valence-electron chi connectivity index (χ0n) is 46.9. The van der Waals surface area contributed by atoms with Gasteiger partial charge in [0.15, 0.2) is 5.78 Å². The average Bonchev–Trinajstić information content (AvgIpc) is 2.07. The Balaban J connectivity index is 1.05. The van der Waals surface area contributed by atoms with E-state index >= 15 is 0 Å². The number of nitrogens with one attached hydrogen (secondary N) is 4. The SMILES string of the molecule is CNC(=O)C[C@@H]1NC(=O)c2csc(n2)-c2ccc(-c3nc(N(CC(=O)O)C(=O)C4CC(C(=O)O)C4)cs3)nc2-c2csc(n2)-c2csc(n2)[C@H]([C@@H](C)c2ccccc2)NC(=O)CNC(=O)c2nc(sc2COC)C(C(C)C)CC(=O)c2nc1sc2C. The maximum absolute atomic E-state index is 14.4. The highest BCUT2D eigenvalue weighted by Gasteiger charge is 2.42. The van der Waals surface area contributed by atoms with Gasteiger partial charge < -0.3 is 36.2 Å². The minimum Gasteiger partial charge on any atom is -0.481 e. The Labute approximate surface area is 515 Å². The first-order valence-electron chi connectivity index (χ1n) is 27.0. The molecule has 1 aliphatic heterocycles. The van der Waals surface area contributed by atoms with Crippen molar-refractivity contribution < 1.29 is 53.3 Å². The molecule has 8 aromatic rings. The van der Waals surface area contributed by atoms with Crippen LogP contribution in [0.3, 0.4) is 0 Å². The predicted molar refractivity (Wildman–Crippen MR) is 326 cm³/mol. The first-order chi connectivity index (χ1) is 41.3. The normalized spacial score (nSPS) is 18.7. The van der Waals surface area contributed by atoms with Gasteiger partial charge in [-0.1, -0.05) is 51.1 Å². The number of hydrogen-bond acceptors (Lipinski definition) is 22. The number of rotatable bonds is 13. The molecule has 4 atom stereocenters. The number of ether oxygens (including phenoxy) is 1. The number of fused-ring (bicyclic) bond motifs is 14. The van der Waals surface area contributed by atoms with Gasteiger partial charge in [-0.25, -0.2) is 34.9 Å². The number of carbonyl (C=O) groups excluding carboxylic acids is 6. The Hall–Kier alpha value is -7.93. The molecule has 23 nitrogen and oxygen atoms in total. The fourth-order valence-electron chi connectivity index (χ4n) is 9.83. The summed E-state index contributed by atoms with van der Waals surface area (Å²) in [6.45, 7) is 6.54. The number of aryl methyl sites for hydroxylation is 1. The van der Waals surface area contributed by atoms with E-state index in [1.807, 2.05) is 56.5 Å². The summed E-state index contributed by atoms with van der Waals surface area (Å²) in [5.41, 5.74) is 3.14. The summed E-state index contributed by atoms with van der Waals surface area (Å²) >= 11 is 7.28. The van der Waals surface area contributed by atoms with E-state index in [-0.39, 0.29) is 72.8 Å². The zero-order valence-corrected chi connectivity index (χ0v) is 51.8. The summed E-state index contributed by atoms with van der Waals surface area (Å²) in [7, 11) is 2.97. The number of hydrogen-bond donors (Lipinski definition) is 6. The summed E-state index contributed by atoms with van der Waals surface area (Å²) in [5, 5.41) is 40.0. The van der Waals surface area contributed by atoms with E-state index in [2.05, 4.69) is 26.3 Å². The van der Waals surface area contributed by atoms with E-state index in [0.29, 0.717) is 68.1 Å². The highest BCUT2D eigenvalue weighted by Crippen LogP contribution is 2.42. The number of aromatic nitrogens is 7. The fraction of sp³-hybridized carbons (Fsp3) is 0.351. The first kappa shape index (κ1) is 61.2. The summed E-state index contributed by atoms with van der Waals surface area (Å²) in [5.74, 6) is -7.53. The van der Waals surface area contributed by atoms with Crippen molar-refractivity contribution in [3.05, 3.63) is 111 Å². The number of nitrogens with zero attached hydrogens (tertiary/aromatic N) is 8. The lowest BCUT2D eigenvalue weighted by Gasteiger charge is -2.34. The number of carboxylic acids is 2. The fourth-order valence-corrected chi connectivity index (χ4v) is 15.5. The minimum atomic E-state index is -1.29. The first-order valence-corrected chi connectivity index (χ1v) is 32.2. The van der Waals surface area contributed by atoms with Crippen LogP contribution in [0.2, 0.25) is 0 Å². The highest BCUT2D eigenvalue weighted by molar-refractivity contribution is 7.15. The highest BCUT2D eigenvalue weighted by atomic mass is 32.1. The molecule has 5 amide bonds. The van der Waals surface area contributed by atoms with E-state index < -0.39 is 84.4 Å². The predicted octanol–water partition coefficient (Wildman–Crippen LogP) is 8.80. The van der Waals surface area contributed by atoms with E-state index in [9.17, 15) is 48.6 Å². The Morgan fingerprint density at radius 1 is 0.721 bits per heavy atom. The smallest absolute Gasteiger partial charge is 0.323 e. The van der Waals surface area contributed by atoms with Crippen LogP contribution in [0.1, 0.15) is 132 Å². The van der Waals surface area contributed by atoms with Gasteiger partial charge in [0.25, 0.3) is 11.8 Å². The van der Waals surface area contributed by atoms with Crippen molar-refractivity contribution in [2.75, 3.05) is 32.1 Å². The van der Waals surface area contributed by atoms with Crippen LogP contribution < -0.4 is 26.2 Å². The number of Topliss-reactive ketones (excluding diaryl/α,β-unsaturated/α-hetero) is 1. The van der Waals surface area contributed by atoms with Gasteiger partial charge in [-0.2, -0.15) is 0 Å². The molecule has 446 valence electrons. The lowest BCUT2D eigenvalue weighted by atomic mass is 9.74. The molecular weight excluding hydrogens is 1220 g/mol. The third-order valence-corrected chi connectivity index (χ3v) is 20.4. The number of anilines is 1. The Bertz CT molecular complexity index is 3900. The summed E-state index contributed by atoms with van der Waals surface area (Å²) < 4.78 is 5.49. The van der Waals surface area contributed by atoms with Crippen LogP contribution in [0.25, 0.3) is 43.4 Å². The molecule has 7 aromatic heterocycles. The number of methoxy groups -OCH3 is 1. The standard InChI is InChI=1S/C57H56N12O11S6/c1-25(2)32-16-38(70)45-27(4)85-54(67-45)34(17-41(71)58-5)61-48(75)36-22-81-50(63-36)31-12-13-33(52-65-40(24-84-52)69(19-43(73)74)56(77)29-14-30(15-29)57(78)79)60-46(31)35-21-82-53(62-35)37-23-83-55(64-37)44(26(3)28-10-8-7-9-11-28)66-42(72)18-59-49(76)47-39(20-80-6)86-51(32)68-47/h7-13,21-26,29-30,32,34,44H,14-20H2,1-6H3,(H,58,71)(H,59,76)(H,61,75)(H,66,72)(H,73,74)(H,78,79)/t26-,29?,30?,32?,34-,44-/m0/s1. The van der Waals surface area contributed by atoms with Gasteiger partial charge in [-0.3, -0.25) is 43.3 Å². The third kappa shape index (κ3) is 13.4. The Morgan fingerprint density at radius 3 is 2.14 bits per heavy atom. The monoisotopic (exact) mass is 1280 g/mol. The number of pyridine rings is 1. The van der Waals surface area contributed by atoms with Crippen molar-refractivity contribution in [2.45, 2.75) is 83.9 Å². The molecule has 1 aromatic carbocycles. The Morgan fingerprint density at radius 2 is 1.42 bits per heavy atom. The second kappa shape index (κ2) is 26.4. The molecule has 29 heteroatoms. The Kier molecular flexibility index (Phi) is 18.7. The molecule has 0 spiro atoms. The van der Waals surface area contributed by atoms with E-state index in [1.54, 1.807) is 29.8 Å². The van der Waals surface area contributed by atoms with Crippen LogP contribution in [-0.4, -0.2) is 120 Å². The molecule has 0 saturated heterocycles. The number of ketones is 1. The van der Waals surface area contributed by atoms with Gasteiger partial charge in [-0.05, 0) is 43.4 Å². The lowest BCUT2D eigenvalue weighted by molar-refractivity contribution is -0.148. The molecule has 1 saturated carbocycles. The topological polar surface area (TPSA) is 328 Å². The second-order valence-corrected chi connectivity index (χ2v) is 26.6. The average molecular weight is 1280 g/mol. The summed E-state index contributed by atoms with van der Waals surface area (Å²) in [6, 6.07) is 11.4. The molecule has 1 fully saturated rings. The maximum atomic E-state index is 14.4. The molecule has 1 unspecified atom stereocenters. The van der Waals surface area contributed by atoms with Gasteiger partial charge in [0.05, 0.1) is 53.2 Å². The van der Waals surface area contributed by atoms with E-state index in [1.165, 1.54) is 64.9 Å². The number of carboxylic acid groups (broad SMARTS) is 2. The van der Waals surface area contributed by atoms with Gasteiger partial charge in [0.2, 0.25) is 17.7 Å². The van der Waals surface area contributed by atoms with Crippen LogP contribution in [0.4, 0.5) is 5.82 Å². The third-order valence-electron chi connectivity index (χ3n) is 14.6. The molecule has 6 N–H and O–H groups in total. The van der Waals surface area contributed by atoms with Crippen LogP contribution in [0.5, 0.6) is 0 Å². The van der Waals surface area contributed by atoms with E-state index in [4.69, 9.17) is 34.6 Å². The van der Waals surface area contributed by atoms with Crippen LogP contribution in [-0.2, 0) is 35.3 Å². The number of aliphatic carboxylic acids is 2. The van der Waals surface area contributed by atoms with Gasteiger partial charge in [-0.15, -0.1) is 68.0 Å². The van der Waals surface area contributed by atoms with Crippen molar-refractivity contribution in [2.24, 2.45) is 17.8 Å². The maximum Gasteiger partial charge on any atom is 0.323 e. The van der Waals surface area contributed by atoms with Crippen molar-refractivity contribution in [3.63, 3.8) is 0 Å². The number of carbonyl (C=O) groups is 8. The lowest BCUT2D eigenvalue weighted by Crippen LogP contribution is -2.46. The quantitative estimate of drug-likeness (QED) is 0.0628. The second-order valence-electron chi connectivity index (χ2n) is 20.8. The molecular formula is C57H56N12O11S6. The molecule has 2 aliphatic rings. The number of thiazole rings is 6. The van der Waals surface area contributed by atoms with Gasteiger partial charge >= 0.3 is 11.9 Å². The summed E-state index contributed by atoms with van der Waals surface area (Å²) in [4.78, 5) is 144. The van der Waals surface area contributed by atoms with Crippen molar-refractivity contribution in [3.8, 4) is 43.4 Å². The van der Waals surface area contributed by atoms with Crippen molar-refractivity contribution >= 4 is 121 Å². The van der Waals surface area contributed by atoms with E-state index in [0.717, 1.165) is 33.1 Å². The summed E-state index contributed by atoms with van der Waals surface area (Å²) in [6.07, 6.45) is -0.0997. The molecule has 86 heavy (non-hydrogen) atoms. The molecule has 1 aliphatic carbocycles. The van der Waals surface area contributed by atoms with Crippen molar-refractivity contribution in [1.29, 1.82) is 0 Å². The van der Waals surface area contributed by atoms with Crippen LogP contribution in [0.15, 0.2) is 64.0 Å². The number of amides is 5. The van der Waals surface area contributed by atoms with Gasteiger partial charge in [0, 0.05) is 70.3 Å². The van der Waals surface area contributed by atoms with Gasteiger partial charge in [0.1, 0.15) is 71.6 Å². The zero-order chi connectivity index (χ0) is 61.1. The van der Waals surface area contributed by atoms with Crippen LogP contribution in [0, 0.1) is 24.7 Å². The largest absolute Gasteiger partial charge is 0.481 e. The molecule has 10 bridgehead atoms. The molecule has 10 rings (SSSR count). The number of benzene rings is 1. The minimum absolute atomic E-state index is 0.00817. The van der Waals surface area contributed by atoms with Crippen LogP contribution >= 0.6 is 68.0 Å². The molecule has 8 heterocycles. The molecule has 0 radical (unpaired) electrons.